The van der Waals surface area contributed by atoms with Gasteiger partial charge >= 0.3 is 0 Å². The lowest BCUT2D eigenvalue weighted by Crippen LogP contribution is -2.40. The number of nitrogens with one attached hydrogen (secondary N) is 1. The van der Waals surface area contributed by atoms with E-state index in [1.54, 1.807) is 13.4 Å². The van der Waals surface area contributed by atoms with Crippen LogP contribution in [0.1, 0.15) is 25.7 Å². The molecule has 0 spiro atoms. The Morgan fingerprint density at radius 2 is 1.87 bits per heavy atom. The summed E-state index contributed by atoms with van der Waals surface area (Å²) in [5, 5.41) is 8.99. The van der Waals surface area contributed by atoms with Crippen molar-refractivity contribution in [3.63, 3.8) is 0 Å². The third-order valence-corrected chi connectivity index (χ3v) is 5.72. The van der Waals surface area contributed by atoms with Crippen molar-refractivity contribution in [3.8, 4) is 11.5 Å². The van der Waals surface area contributed by atoms with Gasteiger partial charge in [-0.05, 0) is 31.9 Å². The second-order valence-corrected chi connectivity index (χ2v) is 7.80. The minimum Gasteiger partial charge on any atom is -0.490 e. The minimum atomic E-state index is 0.466. The van der Waals surface area contributed by atoms with Crippen LogP contribution in [0.5, 0.6) is 11.5 Å². The summed E-state index contributed by atoms with van der Waals surface area (Å²) in [4.78, 5) is 11.3. The van der Waals surface area contributed by atoms with Crippen LogP contribution in [0.15, 0.2) is 18.5 Å². The van der Waals surface area contributed by atoms with Gasteiger partial charge in [0.25, 0.3) is 0 Å². The van der Waals surface area contributed by atoms with Crippen molar-refractivity contribution in [1.82, 2.24) is 20.6 Å². The Labute approximate surface area is 178 Å². The molecule has 2 saturated heterocycles. The topological polar surface area (TPSA) is 82.8 Å². The van der Waals surface area contributed by atoms with Gasteiger partial charge in [0.1, 0.15) is 18.8 Å². The molecule has 1 N–H and O–H groups in total. The van der Waals surface area contributed by atoms with Crippen LogP contribution in [0.2, 0.25) is 0 Å². The fraction of sp³-hybridized carbons (Fsp3) is 0.636. The second kappa shape index (κ2) is 10.7. The van der Waals surface area contributed by atoms with Crippen LogP contribution in [0.3, 0.4) is 0 Å². The average molecular weight is 415 g/mol. The maximum Gasteiger partial charge on any atom is 0.163 e. The van der Waals surface area contributed by atoms with Crippen LogP contribution < -0.4 is 25.0 Å². The summed E-state index contributed by atoms with van der Waals surface area (Å²) >= 11 is 0. The van der Waals surface area contributed by atoms with Gasteiger partial charge in [-0.1, -0.05) is 6.42 Å². The quantitative estimate of drug-likeness (QED) is 0.628. The van der Waals surface area contributed by atoms with Crippen LogP contribution >= 0.6 is 0 Å². The summed E-state index contributed by atoms with van der Waals surface area (Å²) in [5.74, 6) is 2.38. The van der Waals surface area contributed by atoms with Gasteiger partial charge in [-0.15, -0.1) is 0 Å². The van der Waals surface area contributed by atoms with Gasteiger partial charge in [0.15, 0.2) is 11.5 Å². The number of rotatable bonds is 9. The standard InChI is InChI=1S/C22H32N5O3/c1-28-12-13-30-20-14-18-19(25-16-26-22(18)27-9-7-23-8-10-27)15-21(20)29-11-5-17-4-2-3-6-24-17/h14-17,24H,2-13H2,1H3. The molecule has 2 aromatic rings. The average Bonchev–Trinajstić information content (AvgIpc) is 2.80. The Balaban J connectivity index is 1.54. The molecule has 3 heterocycles. The molecule has 8 nitrogen and oxygen atoms in total. The number of methoxy groups -OCH3 is 1. The molecule has 1 atom stereocenters. The van der Waals surface area contributed by atoms with E-state index < -0.39 is 0 Å². The van der Waals surface area contributed by atoms with E-state index in [1.807, 2.05) is 12.1 Å². The van der Waals surface area contributed by atoms with Gasteiger partial charge in [0.2, 0.25) is 0 Å². The van der Waals surface area contributed by atoms with Gasteiger partial charge in [-0.2, -0.15) is 0 Å². The maximum atomic E-state index is 6.17. The van der Waals surface area contributed by atoms with E-state index in [2.05, 4.69) is 25.5 Å². The Kier molecular flexibility index (Phi) is 7.55. The maximum absolute atomic E-state index is 6.17. The summed E-state index contributed by atoms with van der Waals surface area (Å²) in [6.07, 6.45) is 6.40. The van der Waals surface area contributed by atoms with Crippen LogP contribution in [0.25, 0.3) is 10.9 Å². The number of fused-ring (bicyclic) bond motifs is 1. The van der Waals surface area contributed by atoms with Crippen molar-refractivity contribution in [2.45, 2.75) is 31.7 Å². The molecule has 163 valence electrons. The highest BCUT2D eigenvalue weighted by atomic mass is 16.5. The van der Waals surface area contributed by atoms with Gasteiger partial charge in [0, 0.05) is 50.8 Å². The molecule has 1 aromatic heterocycles. The minimum absolute atomic E-state index is 0.466. The first-order valence-corrected chi connectivity index (χ1v) is 11.0. The lowest BCUT2D eigenvalue weighted by Gasteiger charge is -2.28. The van der Waals surface area contributed by atoms with Crippen LogP contribution in [-0.4, -0.2) is 75.7 Å². The number of piperidine rings is 1. The Morgan fingerprint density at radius 1 is 1.03 bits per heavy atom. The van der Waals surface area contributed by atoms with Crippen LogP contribution in [-0.2, 0) is 4.74 Å². The van der Waals surface area contributed by atoms with Gasteiger partial charge in [-0.3, -0.25) is 0 Å². The predicted octanol–water partition coefficient (Wildman–Crippen LogP) is 1.99. The molecular weight excluding hydrogens is 382 g/mol. The molecule has 2 fully saturated rings. The fourth-order valence-electron chi connectivity index (χ4n) is 4.06. The van der Waals surface area contributed by atoms with Crippen molar-refractivity contribution in [2.75, 3.05) is 64.6 Å². The Morgan fingerprint density at radius 3 is 2.67 bits per heavy atom. The van der Waals surface area contributed by atoms with Crippen LogP contribution in [0, 0.1) is 0 Å². The summed E-state index contributed by atoms with van der Waals surface area (Å²) in [7, 11) is 1.67. The molecule has 0 bridgehead atoms. The van der Waals surface area contributed by atoms with Crippen molar-refractivity contribution >= 4 is 16.7 Å². The smallest absolute Gasteiger partial charge is 0.163 e. The van der Waals surface area contributed by atoms with Crippen molar-refractivity contribution in [2.24, 2.45) is 0 Å². The summed E-state index contributed by atoms with van der Waals surface area (Å²) in [6, 6.07) is 4.53. The third-order valence-electron chi connectivity index (χ3n) is 5.72. The first-order valence-electron chi connectivity index (χ1n) is 11.0. The Bertz CT molecular complexity index is 807. The zero-order valence-corrected chi connectivity index (χ0v) is 17.8. The normalized spacial score (nSPS) is 19.8. The van der Waals surface area contributed by atoms with E-state index in [9.17, 15) is 0 Å². The summed E-state index contributed by atoms with van der Waals surface area (Å²) in [5.41, 5.74) is 0.868. The van der Waals surface area contributed by atoms with Gasteiger partial charge in [0.05, 0.1) is 18.7 Å². The van der Waals surface area contributed by atoms with E-state index in [1.165, 1.54) is 19.3 Å². The first-order chi connectivity index (χ1) is 14.8. The molecular formula is C22H32N5O3. The van der Waals surface area contributed by atoms with E-state index in [4.69, 9.17) is 14.2 Å². The molecule has 30 heavy (non-hydrogen) atoms. The largest absolute Gasteiger partial charge is 0.490 e. The van der Waals surface area contributed by atoms with Crippen molar-refractivity contribution in [1.29, 1.82) is 0 Å². The van der Waals surface area contributed by atoms with E-state index in [-0.39, 0.29) is 0 Å². The van der Waals surface area contributed by atoms with E-state index in [0.29, 0.717) is 31.6 Å². The highest BCUT2D eigenvalue weighted by Crippen LogP contribution is 2.35. The van der Waals surface area contributed by atoms with E-state index in [0.717, 1.165) is 61.6 Å². The molecule has 8 heteroatoms. The highest BCUT2D eigenvalue weighted by molar-refractivity contribution is 5.92. The monoisotopic (exact) mass is 414 g/mol. The first kappa shape index (κ1) is 21.1. The lowest BCUT2D eigenvalue weighted by molar-refractivity contribution is 0.143. The number of piperazine rings is 1. The molecule has 2 aliphatic rings. The third kappa shape index (κ3) is 5.30. The molecule has 0 amide bonds. The molecule has 0 saturated carbocycles. The molecule has 0 aliphatic carbocycles. The van der Waals surface area contributed by atoms with Gasteiger partial charge in [-0.25, -0.2) is 15.3 Å². The van der Waals surface area contributed by atoms with Crippen molar-refractivity contribution < 1.29 is 14.2 Å². The molecule has 2 aliphatic heterocycles. The number of anilines is 1. The SMILES string of the molecule is COCCOc1cc2c(N3CC[N]CC3)ncnc2cc1OCCC1CCCCN1. The van der Waals surface area contributed by atoms with Gasteiger partial charge < -0.3 is 24.4 Å². The lowest BCUT2D eigenvalue weighted by atomic mass is 10.0. The predicted molar refractivity (Wildman–Crippen MR) is 117 cm³/mol. The van der Waals surface area contributed by atoms with Crippen molar-refractivity contribution in [3.05, 3.63) is 18.5 Å². The second-order valence-electron chi connectivity index (χ2n) is 7.80. The molecule has 1 unspecified atom stereocenters. The number of ether oxygens (including phenoxy) is 3. The number of hydrogen-bond donors (Lipinski definition) is 1. The molecule has 4 rings (SSSR count). The summed E-state index contributed by atoms with van der Waals surface area (Å²) in [6.45, 7) is 6.16. The zero-order chi connectivity index (χ0) is 20.6. The number of aromatic nitrogens is 2. The van der Waals surface area contributed by atoms with E-state index >= 15 is 0 Å². The number of nitrogens with zero attached hydrogens (tertiary/aromatic N) is 4. The Hall–Kier alpha value is -2.16. The van der Waals surface area contributed by atoms with Crippen LogP contribution in [0.4, 0.5) is 5.82 Å². The fourth-order valence-corrected chi connectivity index (χ4v) is 4.06. The summed E-state index contributed by atoms with van der Waals surface area (Å²) < 4.78 is 17.3. The number of hydrogen-bond acceptors (Lipinski definition) is 7. The zero-order valence-electron chi connectivity index (χ0n) is 17.8. The number of benzene rings is 1. The highest BCUT2D eigenvalue weighted by Gasteiger charge is 2.19. The molecule has 1 radical (unpaired) electrons. The molecule has 1 aromatic carbocycles.